The van der Waals surface area contributed by atoms with Crippen LogP contribution in [0.2, 0.25) is 0 Å². The Hall–Kier alpha value is -3.23. The molecule has 3 amide bonds. The van der Waals surface area contributed by atoms with Crippen LogP contribution in [0.15, 0.2) is 42.3 Å². The van der Waals surface area contributed by atoms with Gasteiger partial charge in [0.15, 0.2) is 0 Å². The number of hydrogen-bond acceptors (Lipinski definition) is 6. The normalized spacial score (nSPS) is 26.8. The zero-order valence-corrected chi connectivity index (χ0v) is 17.9. The number of benzene rings is 2. The van der Waals surface area contributed by atoms with Crippen LogP contribution in [0.3, 0.4) is 0 Å². The van der Waals surface area contributed by atoms with Crippen molar-refractivity contribution in [2.24, 2.45) is 0 Å². The summed E-state index contributed by atoms with van der Waals surface area (Å²) in [4.78, 5) is 40.5. The van der Waals surface area contributed by atoms with E-state index >= 15 is 0 Å². The van der Waals surface area contributed by atoms with Crippen LogP contribution >= 0.6 is 0 Å². The molecule has 2 aromatic rings. The van der Waals surface area contributed by atoms with Gasteiger partial charge in [0, 0.05) is 56.0 Å². The van der Waals surface area contributed by atoms with Gasteiger partial charge < -0.3 is 15.0 Å². The summed E-state index contributed by atoms with van der Waals surface area (Å²) in [5.74, 6) is -2.39. The molecule has 0 radical (unpaired) electrons. The Kier molecular flexibility index (Phi) is 3.99. The van der Waals surface area contributed by atoms with Crippen molar-refractivity contribution in [2.45, 2.75) is 38.5 Å². The highest BCUT2D eigenvalue weighted by molar-refractivity contribution is 6.06. The average Bonchev–Trinajstić information content (AvgIpc) is 3.30. The summed E-state index contributed by atoms with van der Waals surface area (Å²) < 4.78 is 73.2. The maximum atomic E-state index is 13.4. The summed E-state index contributed by atoms with van der Waals surface area (Å²) in [6.07, 6.45) is -0.415. The smallest absolute Gasteiger partial charge is 0.255 e. The standard InChI is InChI=1S/C25H28N4O4/c30-23-9-8-22(24(31)27-23)29-16-20-19(25(29)32)2-1-3-21(20)26-14-17-4-6-18(7-5-17)15-28-10-12-33-13-11-28/h1-7,22,26H,8-16H2,(H,27,30,31)/i1D,2D,3D,4D,5D,6D,7D,22D. The van der Waals surface area contributed by atoms with Crippen LogP contribution < -0.4 is 10.6 Å². The molecule has 8 nitrogen and oxygen atoms in total. The first-order chi connectivity index (χ1) is 19.4. The molecule has 2 fully saturated rings. The molecule has 0 aliphatic carbocycles. The van der Waals surface area contributed by atoms with E-state index in [4.69, 9.17) is 15.7 Å². The molecule has 172 valence electrons. The van der Waals surface area contributed by atoms with E-state index in [-0.39, 0.29) is 84.6 Å². The van der Waals surface area contributed by atoms with Crippen LogP contribution in [0.1, 0.15) is 50.9 Å². The average molecular weight is 457 g/mol. The third-order valence-electron chi connectivity index (χ3n) is 5.84. The SMILES string of the molecule is [2H]c1c([2H])c(NCc2c([2H])c([2H])c(CN3CCOCC3)c([2H])c2[2H])c2c(c1[2H])C(=O)N(C1([2H])CCC(=O)NC1=O)C2. The van der Waals surface area contributed by atoms with Gasteiger partial charge in [-0.1, -0.05) is 30.2 Å². The topological polar surface area (TPSA) is 91.0 Å². The second-order valence-electron chi connectivity index (χ2n) is 8.02. The van der Waals surface area contributed by atoms with Crippen LogP contribution in [0.4, 0.5) is 5.69 Å². The highest BCUT2D eigenvalue weighted by Gasteiger charge is 2.39. The lowest BCUT2D eigenvalue weighted by Gasteiger charge is -2.29. The summed E-state index contributed by atoms with van der Waals surface area (Å²) in [5, 5.41) is 4.95. The van der Waals surface area contributed by atoms with Gasteiger partial charge in [-0.25, -0.2) is 0 Å². The zero-order chi connectivity index (χ0) is 29.8. The highest BCUT2D eigenvalue weighted by atomic mass is 16.5. The van der Waals surface area contributed by atoms with E-state index in [0.717, 1.165) is 4.90 Å². The first-order valence-electron chi connectivity index (χ1n) is 14.8. The Morgan fingerprint density at radius 2 is 1.85 bits per heavy atom. The second-order valence-corrected chi connectivity index (χ2v) is 8.02. The van der Waals surface area contributed by atoms with Crippen LogP contribution in [0.25, 0.3) is 0 Å². The van der Waals surface area contributed by atoms with Crippen molar-refractivity contribution >= 4 is 23.4 Å². The van der Waals surface area contributed by atoms with Gasteiger partial charge in [-0.3, -0.25) is 24.6 Å². The lowest BCUT2D eigenvalue weighted by Crippen LogP contribution is -2.52. The molecule has 33 heavy (non-hydrogen) atoms. The highest BCUT2D eigenvalue weighted by Crippen LogP contribution is 2.32. The number of imide groups is 1. The fourth-order valence-electron chi connectivity index (χ4n) is 4.06. The molecule has 2 saturated heterocycles. The minimum absolute atomic E-state index is 0.0173. The van der Waals surface area contributed by atoms with Crippen molar-refractivity contribution in [3.8, 4) is 0 Å². The number of nitrogens with one attached hydrogen (secondary N) is 2. The fourth-order valence-corrected chi connectivity index (χ4v) is 4.06. The number of rotatable bonds is 6. The monoisotopic (exact) mass is 456 g/mol. The molecule has 5 rings (SSSR count). The molecule has 1 unspecified atom stereocenters. The Balaban J connectivity index is 1.47. The van der Waals surface area contributed by atoms with Crippen LogP contribution in [0, 0.1) is 0 Å². The van der Waals surface area contributed by atoms with Gasteiger partial charge in [-0.05, 0) is 29.6 Å². The first kappa shape index (κ1) is 14.1. The first-order valence-corrected chi connectivity index (χ1v) is 10.8. The molecule has 3 aliphatic rings. The number of piperidine rings is 1. The van der Waals surface area contributed by atoms with Crippen molar-refractivity contribution in [3.63, 3.8) is 0 Å². The van der Waals surface area contributed by atoms with Gasteiger partial charge >= 0.3 is 0 Å². The molecule has 3 heterocycles. The van der Waals surface area contributed by atoms with Gasteiger partial charge in [-0.2, -0.15) is 0 Å². The Bertz CT molecular complexity index is 1450. The van der Waals surface area contributed by atoms with E-state index < -0.39 is 41.9 Å². The van der Waals surface area contributed by atoms with E-state index in [9.17, 15) is 14.4 Å². The van der Waals surface area contributed by atoms with Gasteiger partial charge in [-0.15, -0.1) is 0 Å². The number of fused-ring (bicyclic) bond motifs is 1. The molecular weight excluding hydrogens is 420 g/mol. The summed E-state index contributed by atoms with van der Waals surface area (Å²) in [6.45, 7) is 1.86. The molecule has 1 atom stereocenters. The molecule has 0 aromatic heterocycles. The summed E-state index contributed by atoms with van der Waals surface area (Å²) in [5.41, 5.74) is 0.0957. The second kappa shape index (κ2) is 9.33. The summed E-state index contributed by atoms with van der Waals surface area (Å²) >= 11 is 0. The lowest BCUT2D eigenvalue weighted by molar-refractivity contribution is -0.136. The molecular formula is C25H28N4O4. The zero-order valence-electron chi connectivity index (χ0n) is 25.9. The molecule has 2 aromatic carbocycles. The Labute approximate surface area is 204 Å². The van der Waals surface area contributed by atoms with Crippen LogP contribution in [-0.2, 0) is 34.0 Å². The third kappa shape index (κ3) is 4.62. The van der Waals surface area contributed by atoms with Gasteiger partial charge in [0.2, 0.25) is 11.8 Å². The summed E-state index contributed by atoms with van der Waals surface area (Å²) in [7, 11) is 0. The molecule has 3 aliphatic heterocycles. The van der Waals surface area contributed by atoms with Gasteiger partial charge in [0.1, 0.15) is 6.02 Å². The van der Waals surface area contributed by atoms with E-state index in [1.807, 2.05) is 4.90 Å². The fraction of sp³-hybridized carbons (Fsp3) is 0.400. The predicted molar refractivity (Wildman–Crippen MR) is 122 cm³/mol. The number of anilines is 1. The third-order valence-corrected chi connectivity index (χ3v) is 5.84. The number of ether oxygens (including phenoxy) is 1. The minimum atomic E-state index is -2.13. The molecule has 8 heteroatoms. The number of carbonyl (C=O) groups excluding carboxylic acids is 3. The number of nitrogens with zero attached hydrogens (tertiary/aromatic N) is 2. The van der Waals surface area contributed by atoms with Crippen molar-refractivity contribution in [3.05, 3.63) is 64.6 Å². The quantitative estimate of drug-likeness (QED) is 0.645. The number of carbonyl (C=O) groups is 3. The number of hydrogen-bond donors (Lipinski definition) is 2. The minimum Gasteiger partial charge on any atom is -0.381 e. The van der Waals surface area contributed by atoms with Crippen molar-refractivity contribution < 1.29 is 30.1 Å². The Morgan fingerprint density at radius 1 is 1.09 bits per heavy atom. The molecule has 0 saturated carbocycles. The molecule has 0 bridgehead atoms. The van der Waals surface area contributed by atoms with Crippen LogP contribution in [-0.4, -0.2) is 59.8 Å². The number of amides is 3. The van der Waals surface area contributed by atoms with E-state index in [0.29, 0.717) is 26.3 Å². The predicted octanol–water partition coefficient (Wildman–Crippen LogP) is 1.89. The maximum absolute atomic E-state index is 13.4. The van der Waals surface area contributed by atoms with Crippen molar-refractivity contribution in [1.29, 1.82) is 0 Å². The van der Waals surface area contributed by atoms with E-state index in [1.165, 1.54) is 0 Å². The summed E-state index contributed by atoms with van der Waals surface area (Å²) in [6, 6.07) is -4.56. The van der Waals surface area contributed by atoms with E-state index in [1.54, 1.807) is 0 Å². The largest absolute Gasteiger partial charge is 0.381 e. The van der Waals surface area contributed by atoms with E-state index in [2.05, 4.69) is 10.6 Å². The number of morpholine rings is 1. The van der Waals surface area contributed by atoms with Crippen molar-refractivity contribution in [1.82, 2.24) is 15.1 Å². The Morgan fingerprint density at radius 3 is 2.61 bits per heavy atom. The maximum Gasteiger partial charge on any atom is 0.255 e. The van der Waals surface area contributed by atoms with Gasteiger partial charge in [0.05, 0.1) is 24.2 Å². The lowest BCUT2D eigenvalue weighted by atomic mass is 10.0. The molecule has 2 N–H and O–H groups in total. The van der Waals surface area contributed by atoms with Crippen molar-refractivity contribution in [2.75, 3.05) is 31.6 Å². The van der Waals surface area contributed by atoms with Gasteiger partial charge in [0.25, 0.3) is 5.91 Å². The molecule has 0 spiro atoms. The van der Waals surface area contributed by atoms with Crippen LogP contribution in [0.5, 0.6) is 0 Å².